The fourth-order valence-corrected chi connectivity index (χ4v) is 4.04. The number of rotatable bonds is 8. The molecular formula is C20H24N2O5S2. The van der Waals surface area contributed by atoms with Gasteiger partial charge in [0.2, 0.25) is 15.9 Å². The van der Waals surface area contributed by atoms with E-state index in [4.69, 9.17) is 4.74 Å². The van der Waals surface area contributed by atoms with Gasteiger partial charge in [0.1, 0.15) is 0 Å². The minimum atomic E-state index is -3.80. The molecule has 0 fully saturated rings. The molecule has 0 aromatic heterocycles. The highest BCUT2D eigenvalue weighted by molar-refractivity contribution is 7.98. The molecule has 0 saturated carbocycles. The predicted octanol–water partition coefficient (Wildman–Crippen LogP) is 3.15. The molecule has 9 heteroatoms. The van der Waals surface area contributed by atoms with Crippen molar-refractivity contribution in [1.82, 2.24) is 4.31 Å². The lowest BCUT2D eigenvalue weighted by Crippen LogP contribution is -2.35. The number of ether oxygens (including phenoxy) is 1. The van der Waals surface area contributed by atoms with E-state index in [-0.39, 0.29) is 18.0 Å². The molecule has 0 aliphatic heterocycles. The molecule has 0 aliphatic carbocycles. The molecule has 1 N–H and O–H groups in total. The second-order valence-electron chi connectivity index (χ2n) is 6.23. The van der Waals surface area contributed by atoms with Gasteiger partial charge in [-0.1, -0.05) is 6.07 Å². The summed E-state index contributed by atoms with van der Waals surface area (Å²) in [5, 5.41) is 2.66. The zero-order valence-electron chi connectivity index (χ0n) is 16.8. The lowest BCUT2D eigenvalue weighted by Gasteiger charge is -2.18. The molecule has 0 saturated heterocycles. The van der Waals surface area contributed by atoms with Crippen molar-refractivity contribution in [3.8, 4) is 0 Å². The van der Waals surface area contributed by atoms with Crippen molar-refractivity contribution in [2.45, 2.75) is 23.6 Å². The molecule has 0 spiro atoms. The molecule has 0 unspecified atom stereocenters. The Balaban J connectivity index is 2.11. The summed E-state index contributed by atoms with van der Waals surface area (Å²) in [6.45, 7) is 3.36. The zero-order valence-corrected chi connectivity index (χ0v) is 18.4. The number of amides is 1. The first kappa shape index (κ1) is 22.9. The fraction of sp³-hybridized carbons (Fsp3) is 0.300. The number of nitrogens with zero attached hydrogens (tertiary/aromatic N) is 1. The van der Waals surface area contributed by atoms with Crippen molar-refractivity contribution in [2.75, 3.05) is 31.8 Å². The number of thioether (sulfide) groups is 1. The van der Waals surface area contributed by atoms with Crippen molar-refractivity contribution in [1.29, 1.82) is 0 Å². The molecule has 29 heavy (non-hydrogen) atoms. The molecule has 7 nitrogen and oxygen atoms in total. The van der Waals surface area contributed by atoms with Gasteiger partial charge in [0, 0.05) is 17.6 Å². The molecule has 1 amide bonds. The third-order valence-electron chi connectivity index (χ3n) is 4.16. The summed E-state index contributed by atoms with van der Waals surface area (Å²) in [5.74, 6) is -1.00. The number of likely N-dealkylation sites (N-methyl/N-ethyl adjacent to an activating group) is 1. The zero-order chi connectivity index (χ0) is 21.6. The monoisotopic (exact) mass is 436 g/mol. The molecule has 0 atom stereocenters. The van der Waals surface area contributed by atoms with E-state index in [9.17, 15) is 18.0 Å². The number of anilines is 1. The number of hydrogen-bond donors (Lipinski definition) is 1. The maximum absolute atomic E-state index is 12.7. The van der Waals surface area contributed by atoms with Gasteiger partial charge in [-0.25, -0.2) is 13.2 Å². The molecular weight excluding hydrogens is 412 g/mol. The van der Waals surface area contributed by atoms with Gasteiger partial charge < -0.3 is 10.1 Å². The normalized spacial score (nSPS) is 11.3. The highest BCUT2D eigenvalue weighted by Gasteiger charge is 2.23. The van der Waals surface area contributed by atoms with Crippen LogP contribution in [0.1, 0.15) is 22.8 Å². The fourth-order valence-electron chi connectivity index (χ4n) is 2.50. The van der Waals surface area contributed by atoms with E-state index in [0.717, 1.165) is 14.8 Å². The van der Waals surface area contributed by atoms with Gasteiger partial charge in [-0.2, -0.15) is 4.31 Å². The third-order valence-corrected chi connectivity index (χ3v) is 6.72. The van der Waals surface area contributed by atoms with E-state index in [1.807, 2.05) is 6.26 Å². The highest BCUT2D eigenvalue weighted by Crippen LogP contribution is 2.21. The summed E-state index contributed by atoms with van der Waals surface area (Å²) >= 11 is 1.51. The minimum absolute atomic E-state index is 0.117. The number of hydrogen-bond acceptors (Lipinski definition) is 6. The maximum atomic E-state index is 12.7. The summed E-state index contributed by atoms with van der Waals surface area (Å²) in [7, 11) is -2.45. The molecule has 2 aromatic rings. The largest absolute Gasteiger partial charge is 0.462 e. The van der Waals surface area contributed by atoms with Crippen LogP contribution in [-0.4, -0.2) is 51.1 Å². The van der Waals surface area contributed by atoms with Crippen LogP contribution in [0, 0.1) is 6.92 Å². The van der Waals surface area contributed by atoms with Gasteiger partial charge >= 0.3 is 5.97 Å². The van der Waals surface area contributed by atoms with Crippen molar-refractivity contribution in [2.24, 2.45) is 0 Å². The molecule has 0 aliphatic rings. The first-order chi connectivity index (χ1) is 13.7. The number of carbonyl (C=O) groups is 2. The topological polar surface area (TPSA) is 92.8 Å². The van der Waals surface area contributed by atoms with Crippen LogP contribution in [0.5, 0.6) is 0 Å². The van der Waals surface area contributed by atoms with Crippen molar-refractivity contribution in [3.63, 3.8) is 0 Å². The van der Waals surface area contributed by atoms with Crippen LogP contribution in [0.25, 0.3) is 0 Å². The summed E-state index contributed by atoms with van der Waals surface area (Å²) in [6.07, 6.45) is 1.90. The van der Waals surface area contributed by atoms with Crippen LogP contribution < -0.4 is 5.32 Å². The van der Waals surface area contributed by atoms with Gasteiger partial charge in [-0.05, 0) is 62.1 Å². The number of benzene rings is 2. The average Bonchev–Trinajstić information content (AvgIpc) is 2.69. The Morgan fingerprint density at radius 2 is 1.79 bits per heavy atom. The summed E-state index contributed by atoms with van der Waals surface area (Å²) < 4.78 is 31.3. The molecule has 0 bridgehead atoms. The van der Waals surface area contributed by atoms with Gasteiger partial charge in [-0.3, -0.25) is 4.79 Å². The quantitative estimate of drug-likeness (QED) is 0.505. The number of carbonyl (C=O) groups excluding carboxylic acids is 2. The van der Waals surface area contributed by atoms with E-state index in [1.54, 1.807) is 38.1 Å². The Morgan fingerprint density at radius 1 is 1.14 bits per heavy atom. The highest BCUT2D eigenvalue weighted by atomic mass is 32.2. The summed E-state index contributed by atoms with van der Waals surface area (Å²) in [5.41, 5.74) is 1.47. The maximum Gasteiger partial charge on any atom is 0.338 e. The second-order valence-corrected chi connectivity index (χ2v) is 9.16. The predicted molar refractivity (Wildman–Crippen MR) is 114 cm³/mol. The Kier molecular flexibility index (Phi) is 7.83. The van der Waals surface area contributed by atoms with E-state index < -0.39 is 21.9 Å². The molecule has 0 heterocycles. The Labute approximate surface area is 175 Å². The van der Waals surface area contributed by atoms with Crippen molar-refractivity contribution in [3.05, 3.63) is 53.6 Å². The van der Waals surface area contributed by atoms with Crippen LogP contribution in [0.15, 0.2) is 52.3 Å². The lowest BCUT2D eigenvalue weighted by molar-refractivity contribution is -0.116. The first-order valence-electron chi connectivity index (χ1n) is 8.87. The van der Waals surface area contributed by atoms with Gasteiger partial charge in [0.15, 0.2) is 0 Å². The summed E-state index contributed by atoms with van der Waals surface area (Å²) in [6, 6.07) is 11.3. The molecule has 156 valence electrons. The van der Waals surface area contributed by atoms with E-state index >= 15 is 0 Å². The van der Waals surface area contributed by atoms with Gasteiger partial charge in [0.05, 0.1) is 23.6 Å². The van der Waals surface area contributed by atoms with Crippen LogP contribution in [0.2, 0.25) is 0 Å². The van der Waals surface area contributed by atoms with Gasteiger partial charge in [0.25, 0.3) is 0 Å². The van der Waals surface area contributed by atoms with Crippen molar-refractivity contribution < 1.29 is 22.7 Å². The number of esters is 1. The molecule has 2 aromatic carbocycles. The first-order valence-corrected chi connectivity index (χ1v) is 11.5. The Morgan fingerprint density at radius 3 is 2.38 bits per heavy atom. The SMILES string of the molecule is CCOC(=O)c1ccc(C)c(NC(=O)CN(C)S(=O)(=O)c2ccc(SC)cc2)c1. The lowest BCUT2D eigenvalue weighted by atomic mass is 10.1. The van der Waals surface area contributed by atoms with Gasteiger partial charge in [-0.15, -0.1) is 11.8 Å². The average molecular weight is 437 g/mol. The number of aryl methyl sites for hydroxylation is 1. The summed E-state index contributed by atoms with van der Waals surface area (Å²) in [4.78, 5) is 25.4. The van der Waals surface area contributed by atoms with E-state index in [0.29, 0.717) is 11.3 Å². The molecule has 2 rings (SSSR count). The smallest absolute Gasteiger partial charge is 0.338 e. The van der Waals surface area contributed by atoms with Crippen LogP contribution in [-0.2, 0) is 19.6 Å². The second kappa shape index (κ2) is 9.91. The van der Waals surface area contributed by atoms with Crippen LogP contribution >= 0.6 is 11.8 Å². The standard InChI is InChI=1S/C20H24N2O5S2/c1-5-27-20(24)15-7-6-14(2)18(12-15)21-19(23)13-22(3)29(25,26)17-10-8-16(28-4)9-11-17/h6-12H,5,13H2,1-4H3,(H,21,23). The van der Waals surface area contributed by atoms with Crippen LogP contribution in [0.4, 0.5) is 5.69 Å². The third kappa shape index (κ3) is 5.81. The number of nitrogens with one attached hydrogen (secondary N) is 1. The number of sulfonamides is 1. The van der Waals surface area contributed by atoms with Crippen molar-refractivity contribution >= 4 is 39.3 Å². The Bertz CT molecular complexity index is 988. The van der Waals surface area contributed by atoms with E-state index in [2.05, 4.69) is 5.32 Å². The van der Waals surface area contributed by atoms with E-state index in [1.165, 1.54) is 37.0 Å². The molecule has 0 radical (unpaired) electrons. The van der Waals surface area contributed by atoms with Crippen LogP contribution in [0.3, 0.4) is 0 Å². The minimum Gasteiger partial charge on any atom is -0.462 e. The Hall–Kier alpha value is -2.36.